The molecule has 68 valence electrons. The van der Waals surface area contributed by atoms with Gasteiger partial charge >= 0.3 is 0 Å². The van der Waals surface area contributed by atoms with Gasteiger partial charge in [-0.05, 0) is 25.1 Å². The van der Waals surface area contributed by atoms with Crippen molar-refractivity contribution in [1.29, 1.82) is 0 Å². The summed E-state index contributed by atoms with van der Waals surface area (Å²) < 4.78 is 0. The first-order valence-electron chi connectivity index (χ1n) is 4.68. The van der Waals surface area contributed by atoms with Crippen molar-refractivity contribution in [2.75, 3.05) is 0 Å². The molecule has 0 amide bonds. The Labute approximate surface area is 81.9 Å². The third kappa shape index (κ3) is 0.940. The van der Waals surface area contributed by atoms with Crippen LogP contribution in [0.1, 0.15) is 5.69 Å². The van der Waals surface area contributed by atoms with Gasteiger partial charge in [0.25, 0.3) is 0 Å². The Morgan fingerprint density at radius 3 is 3.07 bits per heavy atom. The average Bonchev–Trinajstić information content (AvgIpc) is 2.56. The van der Waals surface area contributed by atoms with E-state index in [0.717, 1.165) is 16.9 Å². The molecule has 3 rings (SSSR count). The number of aryl methyl sites for hydroxylation is 1. The Morgan fingerprint density at radius 1 is 1.21 bits per heavy atom. The zero-order valence-electron chi connectivity index (χ0n) is 7.91. The molecule has 0 radical (unpaired) electrons. The van der Waals surface area contributed by atoms with Crippen LogP contribution < -0.4 is 0 Å². The van der Waals surface area contributed by atoms with Gasteiger partial charge in [0.05, 0.1) is 11.2 Å². The molecule has 0 saturated carbocycles. The summed E-state index contributed by atoms with van der Waals surface area (Å²) in [5, 5.41) is 1.20. The van der Waals surface area contributed by atoms with Crippen molar-refractivity contribution in [3.8, 4) is 11.3 Å². The van der Waals surface area contributed by atoms with E-state index in [2.05, 4.69) is 41.2 Å². The number of H-pyrrole nitrogens is 1. The number of hydrogen-bond donors (Lipinski definition) is 1. The molecule has 14 heavy (non-hydrogen) atoms. The van der Waals surface area contributed by atoms with E-state index in [-0.39, 0.29) is 0 Å². The van der Waals surface area contributed by atoms with E-state index in [4.69, 9.17) is 0 Å². The quantitative estimate of drug-likeness (QED) is 0.569. The summed E-state index contributed by atoms with van der Waals surface area (Å²) in [6.45, 7) is 2.06. The summed E-state index contributed by atoms with van der Waals surface area (Å²) in [5.41, 5.74) is 4.59. The van der Waals surface area contributed by atoms with Gasteiger partial charge in [-0.3, -0.25) is 4.98 Å². The second kappa shape index (κ2) is 2.58. The van der Waals surface area contributed by atoms with Gasteiger partial charge in [-0.1, -0.05) is 12.1 Å². The van der Waals surface area contributed by atoms with Crippen LogP contribution >= 0.6 is 0 Å². The highest BCUT2D eigenvalue weighted by atomic mass is 14.8. The van der Waals surface area contributed by atoms with Crippen molar-refractivity contribution >= 4 is 10.9 Å². The summed E-state index contributed by atoms with van der Waals surface area (Å²) >= 11 is 0. The molecule has 0 saturated heterocycles. The van der Waals surface area contributed by atoms with Crippen molar-refractivity contribution < 1.29 is 0 Å². The van der Waals surface area contributed by atoms with Gasteiger partial charge in [0.2, 0.25) is 0 Å². The Balaban J connectivity index is 2.52. The van der Waals surface area contributed by atoms with Crippen LogP contribution in [0.25, 0.3) is 22.2 Å². The van der Waals surface area contributed by atoms with Crippen molar-refractivity contribution in [3.63, 3.8) is 0 Å². The van der Waals surface area contributed by atoms with Crippen LogP contribution in [0.2, 0.25) is 0 Å². The molecule has 1 aromatic rings. The van der Waals surface area contributed by atoms with Gasteiger partial charge in [0, 0.05) is 22.8 Å². The van der Waals surface area contributed by atoms with Crippen LogP contribution in [0.15, 0.2) is 36.5 Å². The summed E-state index contributed by atoms with van der Waals surface area (Å²) in [6, 6.07) is 10.4. The van der Waals surface area contributed by atoms with Gasteiger partial charge in [0.15, 0.2) is 0 Å². The average molecular weight is 182 g/mol. The highest BCUT2D eigenvalue weighted by molar-refractivity contribution is 5.97. The summed E-state index contributed by atoms with van der Waals surface area (Å²) in [7, 11) is 0. The minimum Gasteiger partial charge on any atom is -0.357 e. The maximum Gasteiger partial charge on any atom is 0.0942 e. The largest absolute Gasteiger partial charge is 0.357 e. The maximum atomic E-state index is 4.38. The predicted octanol–water partition coefficient (Wildman–Crippen LogP) is 2.98. The van der Waals surface area contributed by atoms with Crippen LogP contribution in [0.3, 0.4) is 0 Å². The van der Waals surface area contributed by atoms with Gasteiger partial charge in [-0.25, -0.2) is 0 Å². The smallest absolute Gasteiger partial charge is 0.0942 e. The third-order valence-electron chi connectivity index (χ3n) is 2.51. The molecule has 1 N–H and O–H groups in total. The number of hydrogen-bond acceptors (Lipinski definition) is 1. The summed E-state index contributed by atoms with van der Waals surface area (Å²) in [5.74, 6) is 0. The van der Waals surface area contributed by atoms with Gasteiger partial charge in [-0.15, -0.1) is 0 Å². The maximum absolute atomic E-state index is 4.38. The first kappa shape index (κ1) is 7.56. The first-order chi connectivity index (χ1) is 6.84. The normalized spacial score (nSPS) is 11.2. The molecular weight excluding hydrogens is 172 g/mol. The molecule has 1 aliphatic carbocycles. The summed E-state index contributed by atoms with van der Waals surface area (Å²) in [6.07, 6.45) is 1.83. The highest BCUT2D eigenvalue weighted by Crippen LogP contribution is 2.30. The lowest BCUT2D eigenvalue weighted by molar-refractivity contribution is 1.21. The van der Waals surface area contributed by atoms with Crippen LogP contribution in [0.4, 0.5) is 0 Å². The molecule has 2 nitrogen and oxygen atoms in total. The van der Waals surface area contributed by atoms with Crippen LogP contribution in [-0.2, 0) is 0 Å². The van der Waals surface area contributed by atoms with Gasteiger partial charge in [-0.2, -0.15) is 0 Å². The van der Waals surface area contributed by atoms with Crippen LogP contribution in [-0.4, -0.2) is 9.97 Å². The molecular formula is C12H10N2. The number of rotatable bonds is 0. The highest BCUT2D eigenvalue weighted by Gasteiger charge is 2.09. The SMILES string of the molecule is Cc1ccc2cc3cccnc3c-2[nH]1. The molecule has 0 aromatic carbocycles. The number of aromatic nitrogens is 2. The standard InChI is InChI=1S/C12H10N2/c1-8-4-5-10-7-9-3-2-6-13-11(9)12(10)14-8/h2-7,14H,1H3. The zero-order chi connectivity index (χ0) is 9.54. The van der Waals surface area contributed by atoms with Crippen molar-refractivity contribution in [2.45, 2.75) is 6.92 Å². The molecule has 0 bridgehead atoms. The first-order valence-corrected chi connectivity index (χ1v) is 4.68. The number of aromatic amines is 1. The van der Waals surface area contributed by atoms with E-state index in [1.807, 2.05) is 12.3 Å². The number of fused-ring (bicyclic) bond motifs is 3. The molecule has 2 heteroatoms. The van der Waals surface area contributed by atoms with E-state index in [1.165, 1.54) is 10.9 Å². The molecule has 2 aliphatic rings. The zero-order valence-corrected chi connectivity index (χ0v) is 7.91. The Bertz CT molecular complexity index is 566. The van der Waals surface area contributed by atoms with Gasteiger partial charge < -0.3 is 4.98 Å². The lowest BCUT2D eigenvalue weighted by atomic mass is 10.2. The minimum absolute atomic E-state index is 1.06. The number of nitrogens with one attached hydrogen (secondary N) is 1. The van der Waals surface area contributed by atoms with E-state index < -0.39 is 0 Å². The molecule has 0 atom stereocenters. The van der Waals surface area contributed by atoms with Crippen LogP contribution in [0.5, 0.6) is 0 Å². The van der Waals surface area contributed by atoms with Crippen LogP contribution in [0, 0.1) is 6.92 Å². The number of nitrogens with zero attached hydrogens (tertiary/aromatic N) is 1. The summed E-state index contributed by atoms with van der Waals surface area (Å²) in [4.78, 5) is 7.73. The Morgan fingerprint density at radius 2 is 2.14 bits per heavy atom. The fourth-order valence-corrected chi connectivity index (χ4v) is 1.84. The van der Waals surface area contributed by atoms with E-state index in [0.29, 0.717) is 0 Å². The molecule has 0 spiro atoms. The molecule has 2 heterocycles. The Hall–Kier alpha value is -1.83. The van der Waals surface area contributed by atoms with Crippen molar-refractivity contribution in [3.05, 3.63) is 42.2 Å². The lowest BCUT2D eigenvalue weighted by Crippen LogP contribution is -1.85. The van der Waals surface area contributed by atoms with E-state index >= 15 is 0 Å². The molecule has 1 aromatic heterocycles. The van der Waals surface area contributed by atoms with Crippen molar-refractivity contribution in [1.82, 2.24) is 9.97 Å². The fraction of sp³-hybridized carbons (Fsp3) is 0.0833. The fourth-order valence-electron chi connectivity index (χ4n) is 1.84. The van der Waals surface area contributed by atoms with Gasteiger partial charge in [0.1, 0.15) is 0 Å². The predicted molar refractivity (Wildman–Crippen MR) is 57.5 cm³/mol. The van der Waals surface area contributed by atoms with E-state index in [1.54, 1.807) is 0 Å². The monoisotopic (exact) mass is 182 g/mol. The van der Waals surface area contributed by atoms with E-state index in [9.17, 15) is 0 Å². The Kier molecular flexibility index (Phi) is 1.39. The van der Waals surface area contributed by atoms with Crippen molar-refractivity contribution in [2.24, 2.45) is 0 Å². The second-order valence-electron chi connectivity index (χ2n) is 3.56. The lowest BCUT2D eigenvalue weighted by Gasteiger charge is -2.00. The number of pyridine rings is 2. The molecule has 0 unspecified atom stereocenters. The topological polar surface area (TPSA) is 28.7 Å². The minimum atomic E-state index is 1.06. The third-order valence-corrected chi connectivity index (χ3v) is 2.51. The molecule has 1 aliphatic heterocycles. The molecule has 0 fully saturated rings. The second-order valence-corrected chi connectivity index (χ2v) is 3.56.